The molecule has 1 saturated heterocycles. The molecule has 7 heteroatoms. The van der Waals surface area contributed by atoms with Crippen LogP contribution in [0.1, 0.15) is 52.2 Å². The van der Waals surface area contributed by atoms with Crippen molar-refractivity contribution in [1.82, 2.24) is 29.7 Å². The summed E-state index contributed by atoms with van der Waals surface area (Å²) < 4.78 is 3.68. The average Bonchev–Trinajstić information content (AvgIpc) is 3.10. The largest absolute Gasteiger partial charge is 0.334 e. The molecule has 1 amide bonds. The molecule has 2 aromatic rings. The fourth-order valence-corrected chi connectivity index (χ4v) is 3.06. The van der Waals surface area contributed by atoms with Crippen LogP contribution in [0.15, 0.2) is 6.20 Å². The van der Waals surface area contributed by atoms with Crippen molar-refractivity contribution in [2.75, 3.05) is 13.1 Å². The topological polar surface area (TPSA) is 68.8 Å². The molecule has 0 N–H and O–H groups in total. The summed E-state index contributed by atoms with van der Waals surface area (Å²) in [6.45, 7) is 5.21. The lowest BCUT2D eigenvalue weighted by Gasteiger charge is -2.38. The van der Waals surface area contributed by atoms with Crippen molar-refractivity contribution in [2.45, 2.75) is 38.6 Å². The van der Waals surface area contributed by atoms with Gasteiger partial charge in [0.05, 0.1) is 23.0 Å². The predicted octanol–water partition coefficient (Wildman–Crippen LogP) is 1.20. The van der Waals surface area contributed by atoms with Crippen LogP contribution in [0.2, 0.25) is 0 Å². The minimum atomic E-state index is 0.0712. The highest BCUT2D eigenvalue weighted by Crippen LogP contribution is 2.39. The fourth-order valence-electron chi connectivity index (χ4n) is 3.06. The standard InChI is InChI=1S/C15H20N6O/c1-9-14(10(2)19(3)17-9)15(22)20-6-12(7-20)21-8-13(16-18-21)11-4-5-11/h8,11-12H,4-7H2,1-3H3. The lowest BCUT2D eigenvalue weighted by atomic mass is 10.1. The molecule has 0 radical (unpaired) electrons. The second-order valence-electron chi connectivity index (χ2n) is 6.43. The molecule has 4 rings (SSSR count). The number of hydrogen-bond acceptors (Lipinski definition) is 4. The number of rotatable bonds is 3. The van der Waals surface area contributed by atoms with Crippen LogP contribution in [0.25, 0.3) is 0 Å². The van der Waals surface area contributed by atoms with Crippen LogP contribution >= 0.6 is 0 Å². The third-order valence-electron chi connectivity index (χ3n) is 4.77. The van der Waals surface area contributed by atoms with E-state index < -0.39 is 0 Å². The second kappa shape index (κ2) is 4.66. The first-order valence-electron chi connectivity index (χ1n) is 7.75. The number of carbonyl (C=O) groups excluding carboxylic acids is 1. The number of amides is 1. The number of aryl methyl sites for hydroxylation is 2. The van der Waals surface area contributed by atoms with Crippen LogP contribution < -0.4 is 0 Å². The third kappa shape index (κ3) is 2.03. The Morgan fingerprint density at radius 2 is 2.00 bits per heavy atom. The van der Waals surface area contributed by atoms with Crippen LogP contribution in [0, 0.1) is 13.8 Å². The molecule has 0 atom stereocenters. The van der Waals surface area contributed by atoms with E-state index in [1.807, 2.05) is 36.7 Å². The van der Waals surface area contributed by atoms with Crippen molar-refractivity contribution in [2.24, 2.45) is 7.05 Å². The molecule has 0 spiro atoms. The van der Waals surface area contributed by atoms with Crippen molar-refractivity contribution in [3.63, 3.8) is 0 Å². The smallest absolute Gasteiger partial charge is 0.257 e. The van der Waals surface area contributed by atoms with Gasteiger partial charge in [-0.15, -0.1) is 5.10 Å². The van der Waals surface area contributed by atoms with Crippen LogP contribution in [0.5, 0.6) is 0 Å². The molecule has 0 unspecified atom stereocenters. The highest BCUT2D eigenvalue weighted by Gasteiger charge is 2.36. The maximum atomic E-state index is 12.6. The number of aromatic nitrogens is 5. The van der Waals surface area contributed by atoms with E-state index in [9.17, 15) is 4.79 Å². The zero-order valence-corrected chi connectivity index (χ0v) is 13.2. The van der Waals surface area contributed by atoms with Gasteiger partial charge in [0.25, 0.3) is 5.91 Å². The first-order valence-corrected chi connectivity index (χ1v) is 7.75. The van der Waals surface area contributed by atoms with Gasteiger partial charge >= 0.3 is 0 Å². The zero-order chi connectivity index (χ0) is 15.4. The van der Waals surface area contributed by atoms with Gasteiger partial charge in [0.2, 0.25) is 0 Å². The Labute approximate surface area is 128 Å². The van der Waals surface area contributed by atoms with Crippen LogP contribution in [-0.2, 0) is 7.05 Å². The van der Waals surface area contributed by atoms with Gasteiger partial charge in [-0.1, -0.05) is 5.21 Å². The molecule has 116 valence electrons. The van der Waals surface area contributed by atoms with E-state index in [0.29, 0.717) is 19.0 Å². The Morgan fingerprint density at radius 1 is 1.27 bits per heavy atom. The van der Waals surface area contributed by atoms with E-state index in [-0.39, 0.29) is 11.9 Å². The maximum absolute atomic E-state index is 12.6. The monoisotopic (exact) mass is 300 g/mol. The molecule has 1 saturated carbocycles. The number of likely N-dealkylation sites (tertiary alicyclic amines) is 1. The second-order valence-corrected chi connectivity index (χ2v) is 6.43. The quantitative estimate of drug-likeness (QED) is 0.854. The minimum Gasteiger partial charge on any atom is -0.334 e. The summed E-state index contributed by atoms with van der Waals surface area (Å²) in [6.07, 6.45) is 4.51. The Balaban J connectivity index is 1.44. The van der Waals surface area contributed by atoms with Gasteiger partial charge in [0, 0.05) is 37.9 Å². The Bertz CT molecular complexity index is 735. The number of nitrogens with zero attached hydrogens (tertiary/aromatic N) is 6. The summed E-state index contributed by atoms with van der Waals surface area (Å²) in [5.74, 6) is 0.689. The maximum Gasteiger partial charge on any atom is 0.257 e. The molecule has 0 bridgehead atoms. The highest BCUT2D eigenvalue weighted by atomic mass is 16.2. The molecule has 22 heavy (non-hydrogen) atoms. The van der Waals surface area contributed by atoms with Crippen molar-refractivity contribution in [3.05, 3.63) is 28.8 Å². The van der Waals surface area contributed by atoms with Crippen LogP contribution in [0.4, 0.5) is 0 Å². The van der Waals surface area contributed by atoms with Gasteiger partial charge < -0.3 is 4.90 Å². The number of hydrogen-bond donors (Lipinski definition) is 0. The van der Waals surface area contributed by atoms with Gasteiger partial charge in [-0.3, -0.25) is 9.48 Å². The van der Waals surface area contributed by atoms with E-state index in [4.69, 9.17) is 0 Å². The van der Waals surface area contributed by atoms with Crippen LogP contribution in [-0.4, -0.2) is 48.7 Å². The van der Waals surface area contributed by atoms with Gasteiger partial charge in [0.1, 0.15) is 0 Å². The summed E-state index contributed by atoms with van der Waals surface area (Å²) in [5, 5.41) is 12.8. The van der Waals surface area contributed by atoms with Crippen molar-refractivity contribution >= 4 is 5.91 Å². The first-order chi connectivity index (χ1) is 10.5. The highest BCUT2D eigenvalue weighted by molar-refractivity contribution is 5.96. The van der Waals surface area contributed by atoms with Gasteiger partial charge in [-0.25, -0.2) is 4.68 Å². The van der Waals surface area contributed by atoms with Gasteiger partial charge in [-0.05, 0) is 26.7 Å². The molecule has 1 aliphatic carbocycles. The average molecular weight is 300 g/mol. The van der Waals surface area contributed by atoms with Gasteiger partial charge in [0.15, 0.2) is 0 Å². The predicted molar refractivity (Wildman–Crippen MR) is 79.6 cm³/mol. The lowest BCUT2D eigenvalue weighted by molar-refractivity contribution is 0.0497. The summed E-state index contributed by atoms with van der Waals surface area (Å²) in [5.41, 5.74) is 3.55. The Hall–Kier alpha value is -2.18. The summed E-state index contributed by atoms with van der Waals surface area (Å²) in [6, 6.07) is 0.251. The van der Waals surface area contributed by atoms with E-state index in [0.717, 1.165) is 22.6 Å². The molecule has 0 aromatic carbocycles. The van der Waals surface area contributed by atoms with Gasteiger partial charge in [-0.2, -0.15) is 5.10 Å². The normalized spacial score (nSPS) is 18.6. The fraction of sp³-hybridized carbons (Fsp3) is 0.600. The van der Waals surface area contributed by atoms with E-state index >= 15 is 0 Å². The summed E-state index contributed by atoms with van der Waals surface area (Å²) in [4.78, 5) is 14.5. The minimum absolute atomic E-state index is 0.0712. The lowest BCUT2D eigenvalue weighted by Crippen LogP contribution is -2.51. The van der Waals surface area contributed by atoms with Crippen molar-refractivity contribution < 1.29 is 4.79 Å². The van der Waals surface area contributed by atoms with E-state index in [1.54, 1.807) is 4.68 Å². The Kier molecular flexibility index (Phi) is 2.85. The SMILES string of the molecule is Cc1nn(C)c(C)c1C(=O)N1CC(n2cc(C3CC3)nn2)C1. The molecule has 2 aromatic heterocycles. The molecule has 1 aliphatic heterocycles. The molecule has 3 heterocycles. The zero-order valence-electron chi connectivity index (χ0n) is 13.2. The molecule has 7 nitrogen and oxygen atoms in total. The van der Waals surface area contributed by atoms with Crippen molar-refractivity contribution in [3.8, 4) is 0 Å². The Morgan fingerprint density at radius 3 is 2.59 bits per heavy atom. The summed E-state index contributed by atoms with van der Waals surface area (Å²) in [7, 11) is 1.87. The van der Waals surface area contributed by atoms with E-state index in [1.165, 1.54) is 12.8 Å². The van der Waals surface area contributed by atoms with Crippen LogP contribution in [0.3, 0.4) is 0 Å². The molecular weight excluding hydrogens is 280 g/mol. The third-order valence-corrected chi connectivity index (χ3v) is 4.77. The molecule has 2 aliphatic rings. The van der Waals surface area contributed by atoms with E-state index in [2.05, 4.69) is 15.4 Å². The summed E-state index contributed by atoms with van der Waals surface area (Å²) >= 11 is 0. The molecule has 2 fully saturated rings. The number of carbonyl (C=O) groups is 1. The van der Waals surface area contributed by atoms with Crippen molar-refractivity contribution in [1.29, 1.82) is 0 Å². The first kappa shape index (κ1) is 13.5. The molecular formula is C15H20N6O.